The van der Waals surface area contributed by atoms with E-state index in [1.807, 2.05) is 26.0 Å². The molecule has 0 aliphatic rings. The summed E-state index contributed by atoms with van der Waals surface area (Å²) in [4.78, 5) is 10.4. The van der Waals surface area contributed by atoms with E-state index in [0.717, 1.165) is 12.8 Å². The fraction of sp³-hybridized carbons (Fsp3) is 0.722. The maximum atomic E-state index is 10.4. The number of carbonyl (C=O) groups excluding carboxylic acids is 1. The van der Waals surface area contributed by atoms with Crippen molar-refractivity contribution in [3.63, 3.8) is 0 Å². The molecule has 0 spiro atoms. The lowest BCUT2D eigenvalue weighted by molar-refractivity contribution is -0.117. The summed E-state index contributed by atoms with van der Waals surface area (Å²) in [6, 6.07) is 0. The van der Waals surface area contributed by atoms with Gasteiger partial charge in [0.1, 0.15) is 5.78 Å². The minimum atomic E-state index is -4.29. The zero-order chi connectivity index (χ0) is 20.1. The normalized spacial score (nSPS) is 13.1. The zero-order valence-corrected chi connectivity index (χ0v) is 17.2. The highest BCUT2D eigenvalue weighted by Gasteiger charge is 2.12. The Morgan fingerprint density at radius 3 is 2.16 bits per heavy atom. The van der Waals surface area contributed by atoms with E-state index in [4.69, 9.17) is 10.3 Å². The molecule has 0 unspecified atom stereocenters. The molecule has 0 saturated heterocycles. The first-order chi connectivity index (χ1) is 11.2. The topological polar surface area (TPSA) is 107 Å². The van der Waals surface area contributed by atoms with Crippen molar-refractivity contribution in [2.24, 2.45) is 11.7 Å². The minimum Gasteiger partial charge on any atom is -0.325 e. The number of hydrogen-bond acceptors (Lipinski definition) is 5. The van der Waals surface area contributed by atoms with Gasteiger partial charge in [-0.25, -0.2) is 4.18 Å². The van der Waals surface area contributed by atoms with Crippen LogP contribution in [0.4, 0.5) is 0 Å². The third-order valence-corrected chi connectivity index (χ3v) is 3.33. The molecule has 0 aromatic heterocycles. The predicted molar refractivity (Wildman–Crippen MR) is 103 cm³/mol. The molecule has 0 radical (unpaired) electrons. The molecule has 0 aromatic carbocycles. The summed E-state index contributed by atoms with van der Waals surface area (Å²) < 4.78 is 33.0. The Morgan fingerprint density at radius 2 is 1.80 bits per heavy atom. The van der Waals surface area contributed by atoms with Crippen LogP contribution < -0.4 is 5.73 Å². The summed E-state index contributed by atoms with van der Waals surface area (Å²) >= 11 is 0. The first kappa shape index (κ1) is 26.2. The van der Waals surface area contributed by atoms with Crippen molar-refractivity contribution in [3.8, 4) is 0 Å². The molecule has 0 bridgehead atoms. The van der Waals surface area contributed by atoms with Gasteiger partial charge in [-0.3, -0.25) is 9.35 Å². The van der Waals surface area contributed by atoms with Gasteiger partial charge in [0.15, 0.2) is 0 Å². The van der Waals surface area contributed by atoms with E-state index in [0.29, 0.717) is 18.8 Å². The second-order valence-electron chi connectivity index (χ2n) is 7.17. The first-order valence-electron chi connectivity index (χ1n) is 8.43. The molecule has 0 rings (SSSR count). The second kappa shape index (κ2) is 13.2. The molecule has 148 valence electrons. The van der Waals surface area contributed by atoms with Gasteiger partial charge in [-0.15, -0.1) is 0 Å². The van der Waals surface area contributed by atoms with E-state index in [1.165, 1.54) is 5.57 Å². The van der Waals surface area contributed by atoms with Gasteiger partial charge in [0.2, 0.25) is 0 Å². The Kier molecular flexibility index (Phi) is 13.9. The summed E-state index contributed by atoms with van der Waals surface area (Å²) in [5.74, 6) is 0.605. The van der Waals surface area contributed by atoms with Crippen molar-refractivity contribution in [2.75, 3.05) is 6.61 Å². The van der Waals surface area contributed by atoms with Gasteiger partial charge in [0, 0.05) is 12.0 Å². The van der Waals surface area contributed by atoms with Crippen LogP contribution in [0.3, 0.4) is 0 Å². The molecule has 0 saturated carbocycles. The Balaban J connectivity index is 0. The summed E-state index contributed by atoms with van der Waals surface area (Å²) in [5, 5.41) is 0. The van der Waals surface area contributed by atoms with Gasteiger partial charge < -0.3 is 5.73 Å². The Bertz CT molecular complexity index is 526. The van der Waals surface area contributed by atoms with E-state index in [-0.39, 0.29) is 17.9 Å². The van der Waals surface area contributed by atoms with Crippen LogP contribution in [0, 0.1) is 5.92 Å². The largest absolute Gasteiger partial charge is 0.397 e. The number of carbonyl (C=O) groups is 1. The highest BCUT2D eigenvalue weighted by atomic mass is 32.3. The lowest BCUT2D eigenvalue weighted by atomic mass is 10.0. The van der Waals surface area contributed by atoms with E-state index < -0.39 is 10.4 Å². The molecule has 0 heterocycles. The SMILES string of the molecule is CC(=O)CC(C)(C)N.CC(C)=CCC[C@@H](C)/C=C/CCOS(=O)(=O)O. The summed E-state index contributed by atoms with van der Waals surface area (Å²) in [6.07, 6.45) is 9.17. The quantitative estimate of drug-likeness (QED) is 0.340. The molecule has 0 fully saturated rings. The lowest BCUT2D eigenvalue weighted by Gasteiger charge is -2.14. The van der Waals surface area contributed by atoms with Crippen LogP contribution in [0.1, 0.15) is 67.2 Å². The summed E-state index contributed by atoms with van der Waals surface area (Å²) in [7, 11) is -4.29. The van der Waals surface area contributed by atoms with Gasteiger partial charge in [-0.05, 0) is 59.8 Å². The van der Waals surface area contributed by atoms with Crippen molar-refractivity contribution >= 4 is 16.2 Å². The lowest BCUT2D eigenvalue weighted by Crippen LogP contribution is -2.33. The number of hydrogen-bond donors (Lipinski definition) is 2. The van der Waals surface area contributed by atoms with Gasteiger partial charge in [0.05, 0.1) is 6.61 Å². The number of rotatable bonds is 10. The van der Waals surface area contributed by atoms with E-state index in [1.54, 1.807) is 6.92 Å². The summed E-state index contributed by atoms with van der Waals surface area (Å²) in [6.45, 7) is 11.5. The van der Waals surface area contributed by atoms with Gasteiger partial charge in [0.25, 0.3) is 0 Å². The van der Waals surface area contributed by atoms with Crippen molar-refractivity contribution in [1.29, 1.82) is 0 Å². The van der Waals surface area contributed by atoms with Gasteiger partial charge in [-0.2, -0.15) is 8.42 Å². The minimum absolute atomic E-state index is 0.0178. The van der Waals surface area contributed by atoms with Crippen LogP contribution in [-0.4, -0.2) is 30.9 Å². The summed E-state index contributed by atoms with van der Waals surface area (Å²) in [5.41, 5.74) is 6.51. The number of ketones is 1. The molecule has 1 atom stereocenters. The molecule has 6 nitrogen and oxygen atoms in total. The first-order valence-corrected chi connectivity index (χ1v) is 9.79. The molecule has 0 aliphatic heterocycles. The standard InChI is InChI=1S/C12H22O4S.C6H13NO/c1-11(2)7-6-9-12(3)8-4-5-10-16-17(13,14)15;1-5(8)4-6(2,3)7/h4,7-8,12H,5-6,9-10H2,1-3H3,(H,13,14,15);4,7H2,1-3H3/b8-4+;/t12-;/m0./s1. The van der Waals surface area contributed by atoms with Crippen molar-refractivity contribution in [2.45, 2.75) is 72.8 Å². The Morgan fingerprint density at radius 1 is 1.24 bits per heavy atom. The smallest absolute Gasteiger partial charge is 0.325 e. The van der Waals surface area contributed by atoms with Crippen LogP contribution in [0.5, 0.6) is 0 Å². The fourth-order valence-corrected chi connectivity index (χ4v) is 2.23. The highest BCUT2D eigenvalue weighted by molar-refractivity contribution is 7.80. The second-order valence-corrected chi connectivity index (χ2v) is 8.26. The maximum absolute atomic E-state index is 10.4. The van der Waals surface area contributed by atoms with Crippen LogP contribution in [0.15, 0.2) is 23.8 Å². The van der Waals surface area contributed by atoms with Crippen molar-refractivity contribution in [3.05, 3.63) is 23.8 Å². The zero-order valence-electron chi connectivity index (χ0n) is 16.4. The molecule has 0 aromatic rings. The third kappa shape index (κ3) is 28.1. The van der Waals surface area contributed by atoms with Crippen LogP contribution in [0.2, 0.25) is 0 Å². The van der Waals surface area contributed by atoms with Crippen molar-refractivity contribution < 1.29 is 21.9 Å². The van der Waals surface area contributed by atoms with Gasteiger partial charge >= 0.3 is 10.4 Å². The fourth-order valence-electron chi connectivity index (χ4n) is 1.92. The predicted octanol–water partition coefficient (Wildman–Crippen LogP) is 3.84. The monoisotopic (exact) mass is 377 g/mol. The average molecular weight is 378 g/mol. The molecule has 0 amide bonds. The van der Waals surface area contributed by atoms with Crippen molar-refractivity contribution in [1.82, 2.24) is 0 Å². The number of Topliss-reactive ketones (excluding diaryl/α,β-unsaturated/α-hetero) is 1. The molecule has 7 heteroatoms. The Hall–Kier alpha value is -1.02. The Labute approximate surface area is 153 Å². The van der Waals surface area contributed by atoms with Crippen LogP contribution in [-0.2, 0) is 19.4 Å². The highest BCUT2D eigenvalue weighted by Crippen LogP contribution is 2.09. The molecular formula is C18H35NO5S. The number of allylic oxidation sites excluding steroid dienone is 3. The molecule has 25 heavy (non-hydrogen) atoms. The van der Waals surface area contributed by atoms with Gasteiger partial charge in [-0.1, -0.05) is 30.7 Å². The van der Waals surface area contributed by atoms with Crippen LogP contribution in [0.25, 0.3) is 0 Å². The molecule has 0 aliphatic carbocycles. The third-order valence-electron chi connectivity index (χ3n) is 2.86. The number of nitrogens with two attached hydrogens (primary N) is 1. The maximum Gasteiger partial charge on any atom is 0.397 e. The molecular weight excluding hydrogens is 342 g/mol. The van der Waals surface area contributed by atoms with E-state index in [2.05, 4.69) is 31.0 Å². The van der Waals surface area contributed by atoms with E-state index >= 15 is 0 Å². The van der Waals surface area contributed by atoms with Crippen LogP contribution >= 0.6 is 0 Å². The molecule has 3 N–H and O–H groups in total. The average Bonchev–Trinajstić information content (AvgIpc) is 2.34. The van der Waals surface area contributed by atoms with E-state index in [9.17, 15) is 13.2 Å².